The van der Waals surface area contributed by atoms with Crippen molar-refractivity contribution in [3.63, 3.8) is 0 Å². The van der Waals surface area contributed by atoms with Gasteiger partial charge in [-0.15, -0.1) is 0 Å². The van der Waals surface area contributed by atoms with E-state index in [0.29, 0.717) is 11.5 Å². The Hall–Kier alpha value is -2.30. The Labute approximate surface area is 131 Å². The van der Waals surface area contributed by atoms with E-state index >= 15 is 0 Å². The van der Waals surface area contributed by atoms with Crippen molar-refractivity contribution in [3.8, 4) is 0 Å². The first kappa shape index (κ1) is 14.6. The van der Waals surface area contributed by atoms with Crippen molar-refractivity contribution < 1.29 is 0 Å². The average Bonchev–Trinajstić information content (AvgIpc) is 2.58. The predicted octanol–water partition coefficient (Wildman–Crippen LogP) is 3.22. The minimum Gasteiger partial charge on any atom is -0.393 e. The molecule has 22 heavy (non-hydrogen) atoms. The molecule has 116 valence electrons. The Balaban J connectivity index is 1.79. The van der Waals surface area contributed by atoms with Crippen LogP contribution in [0.15, 0.2) is 36.7 Å². The molecular formula is C17H23N5. The molecule has 0 bridgehead atoms. The lowest BCUT2D eigenvalue weighted by molar-refractivity contribution is 0.573. The van der Waals surface area contributed by atoms with Crippen LogP contribution in [-0.4, -0.2) is 23.1 Å². The first-order valence-electron chi connectivity index (χ1n) is 7.92. The van der Waals surface area contributed by atoms with Crippen LogP contribution >= 0.6 is 0 Å². The predicted molar refractivity (Wildman–Crippen MR) is 91.0 cm³/mol. The number of anilines is 3. The Morgan fingerprint density at radius 1 is 1.09 bits per heavy atom. The number of nitrogens with two attached hydrogens (primary N) is 1. The van der Waals surface area contributed by atoms with Crippen molar-refractivity contribution >= 4 is 17.3 Å². The lowest BCUT2D eigenvalue weighted by Gasteiger charge is -2.29. The van der Waals surface area contributed by atoms with Crippen LogP contribution in [0.2, 0.25) is 0 Å². The van der Waals surface area contributed by atoms with Crippen molar-refractivity contribution in [1.82, 2.24) is 9.97 Å². The van der Waals surface area contributed by atoms with Crippen molar-refractivity contribution in [2.75, 3.05) is 29.0 Å². The molecule has 1 aliphatic rings. The van der Waals surface area contributed by atoms with Crippen molar-refractivity contribution in [3.05, 3.63) is 42.2 Å². The van der Waals surface area contributed by atoms with Crippen LogP contribution in [0.25, 0.3) is 0 Å². The number of nitrogens with one attached hydrogen (secondary N) is 1. The van der Waals surface area contributed by atoms with Gasteiger partial charge in [0.25, 0.3) is 0 Å². The number of rotatable bonds is 4. The van der Waals surface area contributed by atoms with Crippen molar-refractivity contribution in [1.29, 1.82) is 0 Å². The van der Waals surface area contributed by atoms with Crippen LogP contribution < -0.4 is 16.0 Å². The van der Waals surface area contributed by atoms with Gasteiger partial charge < -0.3 is 16.0 Å². The Morgan fingerprint density at radius 2 is 1.82 bits per heavy atom. The summed E-state index contributed by atoms with van der Waals surface area (Å²) < 4.78 is 0. The summed E-state index contributed by atoms with van der Waals surface area (Å²) in [5, 5.41) is 3.40. The summed E-state index contributed by atoms with van der Waals surface area (Å²) in [4.78, 5) is 11.0. The molecule has 1 aromatic heterocycles. The van der Waals surface area contributed by atoms with Gasteiger partial charge in [0, 0.05) is 13.1 Å². The maximum Gasteiger partial charge on any atom is 0.157 e. The zero-order chi connectivity index (χ0) is 15.4. The maximum absolute atomic E-state index is 6.31. The molecule has 3 N–H and O–H groups in total. The molecule has 2 aromatic rings. The molecule has 1 saturated heterocycles. The zero-order valence-electron chi connectivity index (χ0n) is 13.0. The summed E-state index contributed by atoms with van der Waals surface area (Å²) in [6.45, 7) is 4.15. The van der Waals surface area contributed by atoms with Crippen molar-refractivity contribution in [2.45, 2.75) is 32.2 Å². The highest BCUT2D eigenvalue weighted by Gasteiger charge is 2.18. The van der Waals surface area contributed by atoms with E-state index in [0.717, 1.165) is 18.9 Å². The number of hydrogen-bond acceptors (Lipinski definition) is 5. The molecule has 1 atom stereocenters. The average molecular weight is 297 g/mol. The first-order valence-corrected chi connectivity index (χ1v) is 7.92. The first-order chi connectivity index (χ1) is 10.8. The Kier molecular flexibility index (Phi) is 4.42. The number of benzene rings is 1. The molecule has 0 radical (unpaired) electrons. The molecule has 1 aliphatic heterocycles. The topological polar surface area (TPSA) is 67.1 Å². The smallest absolute Gasteiger partial charge is 0.157 e. The minimum absolute atomic E-state index is 0.146. The third kappa shape index (κ3) is 3.13. The van der Waals surface area contributed by atoms with Gasteiger partial charge in [0.1, 0.15) is 12.0 Å². The van der Waals surface area contributed by atoms with Crippen molar-refractivity contribution in [2.24, 2.45) is 0 Å². The number of piperidine rings is 1. The molecule has 0 amide bonds. The maximum atomic E-state index is 6.31. The second-order valence-electron chi connectivity index (χ2n) is 5.78. The molecule has 1 aromatic carbocycles. The SMILES string of the molecule is CC(Nc1ncnc(N2CCCCC2)c1N)c1ccccc1. The molecule has 0 saturated carbocycles. The van der Waals surface area contributed by atoms with Gasteiger partial charge in [0.15, 0.2) is 11.6 Å². The van der Waals surface area contributed by atoms with E-state index in [1.165, 1.54) is 24.8 Å². The van der Waals surface area contributed by atoms with Gasteiger partial charge in [-0.2, -0.15) is 0 Å². The largest absolute Gasteiger partial charge is 0.393 e. The summed E-state index contributed by atoms with van der Waals surface area (Å²) in [7, 11) is 0. The molecule has 1 unspecified atom stereocenters. The second-order valence-corrected chi connectivity index (χ2v) is 5.78. The van der Waals surface area contributed by atoms with Gasteiger partial charge in [0.2, 0.25) is 0 Å². The Morgan fingerprint density at radius 3 is 2.55 bits per heavy atom. The van der Waals surface area contributed by atoms with E-state index in [2.05, 4.69) is 39.2 Å². The molecule has 5 nitrogen and oxygen atoms in total. The molecule has 1 fully saturated rings. The fourth-order valence-corrected chi connectivity index (χ4v) is 2.89. The molecular weight excluding hydrogens is 274 g/mol. The highest BCUT2D eigenvalue weighted by molar-refractivity contribution is 5.75. The highest BCUT2D eigenvalue weighted by Crippen LogP contribution is 2.30. The molecule has 5 heteroatoms. The molecule has 3 rings (SSSR count). The highest BCUT2D eigenvalue weighted by atomic mass is 15.2. The number of aromatic nitrogens is 2. The van der Waals surface area contributed by atoms with Crippen LogP contribution in [0.5, 0.6) is 0 Å². The normalized spacial score (nSPS) is 16.3. The van der Waals surface area contributed by atoms with Gasteiger partial charge in [-0.25, -0.2) is 9.97 Å². The summed E-state index contributed by atoms with van der Waals surface area (Å²) in [5.41, 5.74) is 8.17. The van der Waals surface area contributed by atoms with Gasteiger partial charge in [-0.05, 0) is 31.7 Å². The minimum atomic E-state index is 0.146. The van der Waals surface area contributed by atoms with E-state index in [1.807, 2.05) is 18.2 Å². The van der Waals surface area contributed by atoms with E-state index < -0.39 is 0 Å². The van der Waals surface area contributed by atoms with E-state index in [9.17, 15) is 0 Å². The molecule has 2 heterocycles. The Bertz CT molecular complexity index is 608. The quantitative estimate of drug-likeness (QED) is 0.907. The standard InChI is InChI=1S/C17H23N5/c1-13(14-8-4-2-5-9-14)21-16-15(18)17(20-12-19-16)22-10-6-3-7-11-22/h2,4-5,8-9,12-13H,3,6-7,10-11,18H2,1H3,(H,19,20,21). The van der Waals surface area contributed by atoms with E-state index in [-0.39, 0.29) is 6.04 Å². The van der Waals surface area contributed by atoms with Gasteiger partial charge in [-0.3, -0.25) is 0 Å². The van der Waals surface area contributed by atoms with E-state index in [4.69, 9.17) is 5.73 Å². The van der Waals surface area contributed by atoms with Gasteiger partial charge >= 0.3 is 0 Å². The van der Waals surface area contributed by atoms with E-state index in [1.54, 1.807) is 6.33 Å². The number of hydrogen-bond donors (Lipinski definition) is 2. The fraction of sp³-hybridized carbons (Fsp3) is 0.412. The van der Waals surface area contributed by atoms with Crippen LogP contribution in [0.3, 0.4) is 0 Å². The summed E-state index contributed by atoms with van der Waals surface area (Å²) in [5.74, 6) is 1.57. The van der Waals surface area contributed by atoms with Crippen LogP contribution in [0.1, 0.15) is 37.8 Å². The summed E-state index contributed by atoms with van der Waals surface area (Å²) in [6.07, 6.45) is 5.29. The van der Waals surface area contributed by atoms with Crippen LogP contribution in [0.4, 0.5) is 17.3 Å². The third-order valence-corrected chi connectivity index (χ3v) is 4.17. The van der Waals surface area contributed by atoms with Gasteiger partial charge in [-0.1, -0.05) is 30.3 Å². The molecule has 0 spiro atoms. The van der Waals surface area contributed by atoms with Crippen LogP contribution in [-0.2, 0) is 0 Å². The lowest BCUT2D eigenvalue weighted by atomic mass is 10.1. The molecule has 0 aliphatic carbocycles. The lowest BCUT2D eigenvalue weighted by Crippen LogP contribution is -2.31. The third-order valence-electron chi connectivity index (χ3n) is 4.17. The van der Waals surface area contributed by atoms with Crippen LogP contribution in [0, 0.1) is 0 Å². The fourth-order valence-electron chi connectivity index (χ4n) is 2.89. The monoisotopic (exact) mass is 297 g/mol. The summed E-state index contributed by atoms with van der Waals surface area (Å²) >= 11 is 0. The number of nitrogen functional groups attached to an aromatic ring is 1. The second kappa shape index (κ2) is 6.64. The number of nitrogens with zero attached hydrogens (tertiary/aromatic N) is 3. The zero-order valence-corrected chi connectivity index (χ0v) is 13.0. The van der Waals surface area contributed by atoms with Gasteiger partial charge in [0.05, 0.1) is 6.04 Å². The summed E-state index contributed by atoms with van der Waals surface area (Å²) in [6, 6.07) is 10.4.